The minimum Gasteiger partial charge on any atom is -0.454 e. The third-order valence-corrected chi connectivity index (χ3v) is 9.96. The van der Waals surface area contributed by atoms with Crippen LogP contribution in [0.15, 0.2) is 18.2 Å². The Bertz CT molecular complexity index is 940. The summed E-state index contributed by atoms with van der Waals surface area (Å²) in [4.78, 5) is 12.8. The SMILES string of the molecule is CC1(C)C2CCC1(CS(=O)(=O)N1CCC(c3ccc4c(c3)OCO4)C1)C(=O)C2. The summed E-state index contributed by atoms with van der Waals surface area (Å²) in [5.74, 6) is 2.07. The Morgan fingerprint density at radius 1 is 1.18 bits per heavy atom. The molecular weight excluding hydrogens is 378 g/mol. The number of hydrogen-bond acceptors (Lipinski definition) is 5. The molecule has 1 saturated heterocycles. The fourth-order valence-corrected chi connectivity index (χ4v) is 8.20. The van der Waals surface area contributed by atoms with E-state index in [2.05, 4.69) is 13.8 Å². The van der Waals surface area contributed by atoms with Gasteiger partial charge in [-0.2, -0.15) is 0 Å². The molecule has 152 valence electrons. The topological polar surface area (TPSA) is 72.9 Å². The number of ketones is 1. The van der Waals surface area contributed by atoms with Crippen molar-refractivity contribution in [3.05, 3.63) is 23.8 Å². The van der Waals surface area contributed by atoms with Crippen molar-refractivity contribution in [1.29, 1.82) is 0 Å². The van der Waals surface area contributed by atoms with Crippen molar-refractivity contribution in [3.8, 4) is 11.5 Å². The van der Waals surface area contributed by atoms with Crippen LogP contribution in [0.25, 0.3) is 0 Å². The van der Waals surface area contributed by atoms with Crippen LogP contribution in [0.4, 0.5) is 0 Å². The van der Waals surface area contributed by atoms with Gasteiger partial charge in [-0.25, -0.2) is 12.7 Å². The van der Waals surface area contributed by atoms with Gasteiger partial charge >= 0.3 is 0 Å². The average molecular weight is 406 g/mol. The Balaban J connectivity index is 1.35. The Kier molecular flexibility index (Phi) is 3.92. The van der Waals surface area contributed by atoms with Gasteiger partial charge in [0.15, 0.2) is 11.5 Å². The van der Waals surface area contributed by atoms with E-state index in [-0.39, 0.29) is 29.7 Å². The van der Waals surface area contributed by atoms with Gasteiger partial charge in [-0.3, -0.25) is 4.79 Å². The predicted molar refractivity (Wildman–Crippen MR) is 104 cm³/mol. The molecule has 1 aromatic rings. The minimum absolute atomic E-state index is 0.0316. The predicted octanol–water partition coefficient (Wildman–Crippen LogP) is 2.93. The summed E-state index contributed by atoms with van der Waals surface area (Å²) in [7, 11) is -3.49. The van der Waals surface area contributed by atoms with Crippen molar-refractivity contribution < 1.29 is 22.7 Å². The highest BCUT2D eigenvalue weighted by Crippen LogP contribution is 2.64. The second kappa shape index (κ2) is 5.95. The molecule has 4 aliphatic rings. The standard InChI is InChI=1S/C21H27NO5S/c1-20(2)16-5-7-21(20,19(23)10-16)12-28(24,25)22-8-6-15(11-22)14-3-4-17-18(9-14)27-13-26-17/h3-4,9,15-16H,5-8,10-13H2,1-2H3. The number of rotatable bonds is 4. The third kappa shape index (κ3) is 2.48. The van der Waals surface area contributed by atoms with Crippen molar-refractivity contribution in [3.63, 3.8) is 0 Å². The molecule has 0 aromatic heterocycles. The quantitative estimate of drug-likeness (QED) is 0.770. The normalized spacial score (nSPS) is 33.7. The first-order chi connectivity index (χ1) is 13.2. The maximum absolute atomic E-state index is 13.3. The number of fused-ring (bicyclic) bond motifs is 3. The molecule has 3 unspecified atom stereocenters. The molecule has 7 heteroatoms. The van der Waals surface area contributed by atoms with Crippen LogP contribution >= 0.6 is 0 Å². The van der Waals surface area contributed by atoms with E-state index in [1.165, 1.54) is 0 Å². The van der Waals surface area contributed by atoms with Gasteiger partial charge in [-0.05, 0) is 54.2 Å². The average Bonchev–Trinajstić information content (AvgIpc) is 3.38. The maximum Gasteiger partial charge on any atom is 0.231 e. The summed E-state index contributed by atoms with van der Waals surface area (Å²) in [6.45, 7) is 5.39. The highest BCUT2D eigenvalue weighted by molar-refractivity contribution is 7.89. The Labute approximate surface area is 166 Å². The number of ether oxygens (including phenoxy) is 2. The molecule has 2 saturated carbocycles. The highest BCUT2D eigenvalue weighted by atomic mass is 32.2. The Hall–Kier alpha value is -1.60. The van der Waals surface area contributed by atoms with Gasteiger partial charge in [0.2, 0.25) is 16.8 Å². The van der Waals surface area contributed by atoms with Gasteiger partial charge in [0, 0.05) is 24.9 Å². The molecule has 0 amide bonds. The summed E-state index contributed by atoms with van der Waals surface area (Å²) in [6.07, 6.45) is 3.00. The second-order valence-electron chi connectivity index (χ2n) is 9.38. The van der Waals surface area contributed by atoms with E-state index in [0.717, 1.165) is 29.9 Å². The van der Waals surface area contributed by atoms with Crippen molar-refractivity contribution in [2.75, 3.05) is 25.6 Å². The van der Waals surface area contributed by atoms with E-state index in [0.29, 0.717) is 31.8 Å². The van der Waals surface area contributed by atoms with Crippen molar-refractivity contribution in [1.82, 2.24) is 4.31 Å². The lowest BCUT2D eigenvalue weighted by atomic mass is 9.70. The van der Waals surface area contributed by atoms with E-state index in [9.17, 15) is 13.2 Å². The van der Waals surface area contributed by atoms with Crippen LogP contribution in [-0.2, 0) is 14.8 Å². The number of carbonyl (C=O) groups excluding carboxylic acids is 1. The molecule has 5 rings (SSSR count). The molecule has 3 fully saturated rings. The molecule has 1 aromatic carbocycles. The number of nitrogens with zero attached hydrogens (tertiary/aromatic N) is 1. The van der Waals surface area contributed by atoms with E-state index in [1.807, 2.05) is 18.2 Å². The monoisotopic (exact) mass is 405 g/mol. The first kappa shape index (κ1) is 18.4. The fraction of sp³-hybridized carbons (Fsp3) is 0.667. The number of hydrogen-bond donors (Lipinski definition) is 0. The van der Waals surface area contributed by atoms with Crippen LogP contribution in [-0.4, -0.2) is 44.1 Å². The molecule has 6 nitrogen and oxygen atoms in total. The van der Waals surface area contributed by atoms with E-state index in [1.54, 1.807) is 4.31 Å². The lowest BCUT2D eigenvalue weighted by Gasteiger charge is -2.37. The molecular formula is C21H27NO5S. The third-order valence-electron chi connectivity index (χ3n) is 7.98. The van der Waals surface area contributed by atoms with Gasteiger partial charge in [0.05, 0.1) is 5.75 Å². The molecule has 2 aliphatic heterocycles. The maximum atomic E-state index is 13.3. The van der Waals surface area contributed by atoms with Gasteiger partial charge in [0.25, 0.3) is 0 Å². The zero-order valence-corrected chi connectivity index (χ0v) is 17.3. The van der Waals surface area contributed by atoms with Crippen LogP contribution < -0.4 is 9.47 Å². The van der Waals surface area contributed by atoms with Crippen LogP contribution in [0.2, 0.25) is 0 Å². The lowest BCUT2D eigenvalue weighted by Crippen LogP contribution is -2.46. The van der Waals surface area contributed by atoms with E-state index in [4.69, 9.17) is 9.47 Å². The van der Waals surface area contributed by atoms with Crippen LogP contribution in [0.5, 0.6) is 11.5 Å². The minimum atomic E-state index is -3.49. The van der Waals surface area contributed by atoms with Crippen molar-refractivity contribution in [2.45, 2.75) is 45.4 Å². The van der Waals surface area contributed by atoms with Gasteiger partial charge in [-0.1, -0.05) is 19.9 Å². The van der Waals surface area contributed by atoms with Crippen LogP contribution in [0.1, 0.15) is 51.0 Å². The number of carbonyl (C=O) groups is 1. The lowest BCUT2D eigenvalue weighted by molar-refractivity contribution is -0.128. The molecule has 2 heterocycles. The van der Waals surface area contributed by atoms with E-state index >= 15 is 0 Å². The van der Waals surface area contributed by atoms with Crippen LogP contribution in [0.3, 0.4) is 0 Å². The smallest absolute Gasteiger partial charge is 0.231 e. The van der Waals surface area contributed by atoms with Gasteiger partial charge in [0.1, 0.15) is 5.78 Å². The summed E-state index contributed by atoms with van der Waals surface area (Å²) in [5.41, 5.74) is 0.152. The number of benzene rings is 1. The molecule has 28 heavy (non-hydrogen) atoms. The summed E-state index contributed by atoms with van der Waals surface area (Å²) < 4.78 is 39.0. The second-order valence-corrected chi connectivity index (χ2v) is 11.3. The highest BCUT2D eigenvalue weighted by Gasteiger charge is 2.65. The Morgan fingerprint density at radius 2 is 1.96 bits per heavy atom. The molecule has 0 spiro atoms. The van der Waals surface area contributed by atoms with Gasteiger partial charge in [-0.15, -0.1) is 0 Å². The molecule has 2 aliphatic carbocycles. The van der Waals surface area contributed by atoms with E-state index < -0.39 is 15.4 Å². The molecule has 2 bridgehead atoms. The zero-order valence-electron chi connectivity index (χ0n) is 16.4. The molecule has 3 atom stereocenters. The largest absolute Gasteiger partial charge is 0.454 e. The Morgan fingerprint density at radius 3 is 2.68 bits per heavy atom. The fourth-order valence-electron chi connectivity index (χ4n) is 5.93. The number of Topliss-reactive ketones (excluding diaryl/α,β-unsaturated/α-hetero) is 1. The van der Waals surface area contributed by atoms with Crippen LogP contribution in [0, 0.1) is 16.7 Å². The molecule has 0 radical (unpaired) electrons. The van der Waals surface area contributed by atoms with Crippen molar-refractivity contribution in [2.24, 2.45) is 16.7 Å². The summed E-state index contributed by atoms with van der Waals surface area (Å²) >= 11 is 0. The first-order valence-electron chi connectivity index (χ1n) is 10.1. The summed E-state index contributed by atoms with van der Waals surface area (Å²) in [5, 5.41) is 0. The zero-order chi connectivity index (χ0) is 19.7. The molecule has 0 N–H and O–H groups in total. The van der Waals surface area contributed by atoms with Gasteiger partial charge < -0.3 is 9.47 Å². The summed E-state index contributed by atoms with van der Waals surface area (Å²) in [6, 6.07) is 5.86. The van der Waals surface area contributed by atoms with Crippen molar-refractivity contribution >= 4 is 15.8 Å². The first-order valence-corrected chi connectivity index (χ1v) is 11.7. The number of sulfonamides is 1.